The number of carbonyl (C=O) groups excluding carboxylic acids is 1. The summed E-state index contributed by atoms with van der Waals surface area (Å²) in [4.78, 5) is 14.1. The van der Waals surface area contributed by atoms with Crippen LogP contribution in [0.4, 0.5) is 0 Å². The molecule has 124 valence electrons. The maximum Gasteiger partial charge on any atom is 0.260 e. The summed E-state index contributed by atoms with van der Waals surface area (Å²) < 4.78 is 5.50. The molecule has 1 aliphatic heterocycles. The molecule has 0 aliphatic carbocycles. The van der Waals surface area contributed by atoms with Crippen LogP contribution in [0, 0.1) is 5.92 Å². The number of nitrogens with zero attached hydrogens (tertiary/aromatic N) is 1. The topological polar surface area (TPSA) is 55.6 Å². The van der Waals surface area contributed by atoms with Gasteiger partial charge >= 0.3 is 0 Å². The minimum absolute atomic E-state index is 0. The van der Waals surface area contributed by atoms with Gasteiger partial charge in [0.05, 0.1) is 10.0 Å². The minimum Gasteiger partial charge on any atom is -0.484 e. The smallest absolute Gasteiger partial charge is 0.260 e. The lowest BCUT2D eigenvalue weighted by Crippen LogP contribution is -2.50. The molecule has 1 amide bonds. The van der Waals surface area contributed by atoms with Crippen molar-refractivity contribution in [3.63, 3.8) is 0 Å². The fourth-order valence-electron chi connectivity index (χ4n) is 2.60. The molecule has 1 fully saturated rings. The van der Waals surface area contributed by atoms with Crippen LogP contribution in [-0.4, -0.2) is 36.5 Å². The summed E-state index contributed by atoms with van der Waals surface area (Å²) in [6.45, 7) is 3.41. The van der Waals surface area contributed by atoms with Crippen LogP contribution in [0.2, 0.25) is 10.0 Å². The van der Waals surface area contributed by atoms with Crippen molar-refractivity contribution in [2.75, 3.05) is 19.7 Å². The third-order valence-electron chi connectivity index (χ3n) is 3.82. The molecule has 7 heteroatoms. The van der Waals surface area contributed by atoms with Gasteiger partial charge in [-0.1, -0.05) is 30.1 Å². The number of benzene rings is 1. The molecule has 0 radical (unpaired) electrons. The third kappa shape index (κ3) is 4.92. The fraction of sp³-hybridized carbons (Fsp3) is 0.533. The first-order valence-electron chi connectivity index (χ1n) is 7.08. The van der Waals surface area contributed by atoms with E-state index in [1.54, 1.807) is 18.2 Å². The van der Waals surface area contributed by atoms with Crippen LogP contribution < -0.4 is 10.5 Å². The number of rotatable bonds is 4. The van der Waals surface area contributed by atoms with Gasteiger partial charge in [0.2, 0.25) is 0 Å². The molecule has 2 unspecified atom stereocenters. The molecule has 0 bridgehead atoms. The molecule has 0 spiro atoms. The van der Waals surface area contributed by atoms with Crippen LogP contribution in [0.5, 0.6) is 5.75 Å². The van der Waals surface area contributed by atoms with Crippen molar-refractivity contribution in [3.05, 3.63) is 28.2 Å². The van der Waals surface area contributed by atoms with Gasteiger partial charge in [0, 0.05) is 25.2 Å². The molecule has 0 saturated carbocycles. The van der Waals surface area contributed by atoms with Crippen LogP contribution in [0.1, 0.15) is 19.8 Å². The highest BCUT2D eigenvalue weighted by molar-refractivity contribution is 6.42. The van der Waals surface area contributed by atoms with Gasteiger partial charge < -0.3 is 15.4 Å². The zero-order valence-electron chi connectivity index (χ0n) is 12.4. The highest BCUT2D eigenvalue weighted by Gasteiger charge is 2.28. The quantitative estimate of drug-likeness (QED) is 0.887. The molecule has 0 aromatic heterocycles. The van der Waals surface area contributed by atoms with Gasteiger partial charge in [-0.05, 0) is 30.9 Å². The van der Waals surface area contributed by atoms with E-state index in [1.165, 1.54) is 0 Å². The van der Waals surface area contributed by atoms with Crippen molar-refractivity contribution in [2.24, 2.45) is 11.7 Å². The molecular weight excluding hydrogens is 347 g/mol. The molecule has 2 N–H and O–H groups in total. The first kappa shape index (κ1) is 19.4. The Morgan fingerprint density at radius 1 is 1.41 bits per heavy atom. The Morgan fingerprint density at radius 3 is 2.77 bits per heavy atom. The average Bonchev–Trinajstić information content (AvgIpc) is 2.48. The lowest BCUT2D eigenvalue weighted by molar-refractivity contribution is -0.137. The molecular formula is C15H21Cl3N2O2. The molecule has 2 rings (SSSR count). The summed E-state index contributed by atoms with van der Waals surface area (Å²) in [5.74, 6) is 1.11. The predicted molar refractivity (Wildman–Crippen MR) is 92.2 cm³/mol. The number of hydrogen-bond acceptors (Lipinski definition) is 3. The summed E-state index contributed by atoms with van der Waals surface area (Å²) in [5, 5.41) is 0.872. The van der Waals surface area contributed by atoms with Crippen molar-refractivity contribution < 1.29 is 9.53 Å². The maximum atomic E-state index is 12.3. The Labute approximate surface area is 147 Å². The van der Waals surface area contributed by atoms with Crippen molar-refractivity contribution >= 4 is 41.5 Å². The standard InChI is InChI=1S/C15H20Cl2N2O2.ClH/c1-10-4-5-19(11(6-10)8-18)15(20)9-21-12-2-3-13(16)14(17)7-12;/h2-3,7,10-11H,4-6,8-9,18H2,1H3;1H. The summed E-state index contributed by atoms with van der Waals surface area (Å²) in [6, 6.07) is 5.06. The first-order valence-corrected chi connectivity index (χ1v) is 7.84. The SMILES string of the molecule is CC1CCN(C(=O)COc2ccc(Cl)c(Cl)c2)C(CN)C1.Cl. The van der Waals surface area contributed by atoms with E-state index in [9.17, 15) is 4.79 Å². The summed E-state index contributed by atoms with van der Waals surface area (Å²) in [6.07, 6.45) is 1.96. The number of hydrogen-bond donors (Lipinski definition) is 1. The minimum atomic E-state index is -0.0385. The lowest BCUT2D eigenvalue weighted by atomic mass is 9.92. The van der Waals surface area contributed by atoms with Gasteiger partial charge in [-0.15, -0.1) is 12.4 Å². The summed E-state index contributed by atoms with van der Waals surface area (Å²) in [5.41, 5.74) is 5.77. The third-order valence-corrected chi connectivity index (χ3v) is 4.56. The van der Waals surface area contributed by atoms with Gasteiger partial charge in [0.1, 0.15) is 5.75 Å². The number of nitrogens with two attached hydrogens (primary N) is 1. The summed E-state index contributed by atoms with van der Waals surface area (Å²) >= 11 is 11.8. The molecule has 2 atom stereocenters. The zero-order chi connectivity index (χ0) is 15.4. The molecule has 1 aromatic rings. The predicted octanol–water partition coefficient (Wildman–Crippen LogP) is 3.38. The molecule has 22 heavy (non-hydrogen) atoms. The lowest BCUT2D eigenvalue weighted by Gasteiger charge is -2.37. The number of carbonyl (C=O) groups is 1. The zero-order valence-corrected chi connectivity index (χ0v) is 14.8. The van der Waals surface area contributed by atoms with Crippen molar-refractivity contribution in [2.45, 2.75) is 25.8 Å². The number of likely N-dealkylation sites (tertiary alicyclic amines) is 1. The van der Waals surface area contributed by atoms with Gasteiger partial charge in [0.25, 0.3) is 5.91 Å². The Kier molecular flexibility index (Phi) is 7.77. The van der Waals surface area contributed by atoms with E-state index in [-0.39, 0.29) is 31.0 Å². The van der Waals surface area contributed by atoms with E-state index in [2.05, 4.69) is 6.92 Å². The monoisotopic (exact) mass is 366 g/mol. The van der Waals surface area contributed by atoms with E-state index in [0.29, 0.717) is 28.3 Å². The Bertz CT molecular complexity index is 514. The van der Waals surface area contributed by atoms with Crippen LogP contribution in [0.3, 0.4) is 0 Å². The van der Waals surface area contributed by atoms with Gasteiger partial charge in [-0.3, -0.25) is 4.79 Å². The molecule has 1 aromatic carbocycles. The highest BCUT2D eigenvalue weighted by atomic mass is 35.5. The Balaban J connectivity index is 0.00000242. The largest absolute Gasteiger partial charge is 0.484 e. The Morgan fingerprint density at radius 2 is 2.14 bits per heavy atom. The second-order valence-electron chi connectivity index (χ2n) is 5.47. The first-order chi connectivity index (χ1) is 10.0. The number of amides is 1. The second-order valence-corrected chi connectivity index (χ2v) is 6.29. The van der Waals surface area contributed by atoms with Crippen molar-refractivity contribution in [1.82, 2.24) is 4.90 Å². The average molecular weight is 368 g/mol. The Hall–Kier alpha value is -0.680. The van der Waals surface area contributed by atoms with Crippen molar-refractivity contribution in [3.8, 4) is 5.75 Å². The molecule has 4 nitrogen and oxygen atoms in total. The number of ether oxygens (including phenoxy) is 1. The number of piperidine rings is 1. The van der Waals surface area contributed by atoms with E-state index in [0.717, 1.165) is 19.4 Å². The molecule has 1 aliphatic rings. The second kappa shape index (κ2) is 8.82. The van der Waals surface area contributed by atoms with E-state index < -0.39 is 0 Å². The van der Waals surface area contributed by atoms with Gasteiger partial charge in [-0.2, -0.15) is 0 Å². The van der Waals surface area contributed by atoms with Crippen LogP contribution in [-0.2, 0) is 4.79 Å². The van der Waals surface area contributed by atoms with Gasteiger partial charge in [0.15, 0.2) is 6.61 Å². The van der Waals surface area contributed by atoms with E-state index >= 15 is 0 Å². The van der Waals surface area contributed by atoms with Crippen LogP contribution in [0.25, 0.3) is 0 Å². The van der Waals surface area contributed by atoms with Crippen LogP contribution in [0.15, 0.2) is 18.2 Å². The summed E-state index contributed by atoms with van der Waals surface area (Å²) in [7, 11) is 0. The van der Waals surface area contributed by atoms with Gasteiger partial charge in [-0.25, -0.2) is 0 Å². The van der Waals surface area contributed by atoms with Crippen molar-refractivity contribution in [1.29, 1.82) is 0 Å². The van der Waals surface area contributed by atoms with E-state index in [4.69, 9.17) is 33.7 Å². The highest BCUT2D eigenvalue weighted by Crippen LogP contribution is 2.26. The number of halogens is 3. The van der Waals surface area contributed by atoms with E-state index in [1.807, 2.05) is 4.90 Å². The molecule has 1 heterocycles. The van der Waals surface area contributed by atoms with Crippen LogP contribution >= 0.6 is 35.6 Å². The fourth-order valence-corrected chi connectivity index (χ4v) is 2.89. The maximum absolute atomic E-state index is 12.3. The normalized spacial score (nSPS) is 21.2. The molecule has 1 saturated heterocycles.